The second-order valence-electron chi connectivity index (χ2n) is 8.03. The first-order chi connectivity index (χ1) is 15.8. The van der Waals surface area contributed by atoms with Crippen LogP contribution in [0.4, 0.5) is 0 Å². The Morgan fingerprint density at radius 2 is 1.70 bits per heavy atom. The van der Waals surface area contributed by atoms with Gasteiger partial charge in [-0.25, -0.2) is 4.79 Å². The molecule has 1 aromatic heterocycles. The Bertz CT molecular complexity index is 1280. The van der Waals surface area contributed by atoms with Gasteiger partial charge in [0.2, 0.25) is 0 Å². The van der Waals surface area contributed by atoms with Crippen LogP contribution >= 0.6 is 15.9 Å². The van der Waals surface area contributed by atoms with Crippen molar-refractivity contribution in [1.82, 2.24) is 9.47 Å². The average molecular weight is 505 g/mol. The van der Waals surface area contributed by atoms with Crippen LogP contribution in [0.2, 0.25) is 0 Å². The molecule has 0 aliphatic carbocycles. The normalized spacial score (nSPS) is 15.0. The van der Waals surface area contributed by atoms with Gasteiger partial charge in [0.1, 0.15) is 0 Å². The fourth-order valence-corrected chi connectivity index (χ4v) is 4.53. The second-order valence-corrected chi connectivity index (χ2v) is 8.94. The number of amides is 1. The number of rotatable bonds is 5. The van der Waals surface area contributed by atoms with Crippen LogP contribution in [0, 0.1) is 13.8 Å². The van der Waals surface area contributed by atoms with Gasteiger partial charge in [-0.2, -0.15) is 0 Å². The Hall–Kier alpha value is -3.38. The highest BCUT2D eigenvalue weighted by molar-refractivity contribution is 9.10. The number of ether oxygens (including phenoxy) is 1. The van der Waals surface area contributed by atoms with Crippen LogP contribution in [0.25, 0.3) is 11.8 Å². The molecule has 0 atom stereocenters. The summed E-state index contributed by atoms with van der Waals surface area (Å²) in [6.07, 6.45) is 1.81. The fourth-order valence-electron chi connectivity index (χ4n) is 4.26. The van der Waals surface area contributed by atoms with Crippen molar-refractivity contribution >= 4 is 33.9 Å². The third kappa shape index (κ3) is 4.31. The van der Waals surface area contributed by atoms with E-state index in [2.05, 4.69) is 20.5 Å². The van der Waals surface area contributed by atoms with Gasteiger partial charge in [-0.15, -0.1) is 0 Å². The van der Waals surface area contributed by atoms with Crippen LogP contribution in [-0.4, -0.2) is 28.5 Å². The second kappa shape index (κ2) is 9.24. The topological polar surface area (TPSA) is 51.5 Å². The summed E-state index contributed by atoms with van der Waals surface area (Å²) in [4.78, 5) is 27.8. The van der Waals surface area contributed by atoms with Crippen LogP contribution < -0.4 is 0 Å². The molecule has 1 aliphatic heterocycles. The average Bonchev–Trinajstić information content (AvgIpc) is 3.22. The third-order valence-electron chi connectivity index (χ3n) is 5.94. The van der Waals surface area contributed by atoms with E-state index in [0.717, 1.165) is 32.7 Å². The molecular weight excluding hydrogens is 480 g/mol. The van der Waals surface area contributed by atoms with E-state index in [1.165, 1.54) is 7.11 Å². The summed E-state index contributed by atoms with van der Waals surface area (Å²) in [5, 5.41) is 0. The Labute approximate surface area is 202 Å². The predicted molar refractivity (Wildman–Crippen MR) is 133 cm³/mol. The van der Waals surface area contributed by atoms with Crippen LogP contribution in [-0.2, 0) is 20.9 Å². The zero-order valence-corrected chi connectivity index (χ0v) is 20.6. The van der Waals surface area contributed by atoms with E-state index < -0.39 is 5.97 Å². The van der Waals surface area contributed by atoms with Crippen LogP contribution in [0.3, 0.4) is 0 Å². The van der Waals surface area contributed by atoms with Crippen molar-refractivity contribution in [2.45, 2.75) is 27.3 Å². The first-order valence-corrected chi connectivity index (χ1v) is 11.4. The maximum Gasteiger partial charge on any atom is 0.340 e. The monoisotopic (exact) mass is 504 g/mol. The Balaban J connectivity index is 1.78. The lowest BCUT2D eigenvalue weighted by atomic mass is 10.0. The van der Waals surface area contributed by atoms with Gasteiger partial charge in [0.25, 0.3) is 5.91 Å². The van der Waals surface area contributed by atoms with E-state index in [9.17, 15) is 9.59 Å². The first kappa shape index (κ1) is 22.8. The number of halogens is 1. The van der Waals surface area contributed by atoms with Crippen molar-refractivity contribution in [2.24, 2.45) is 0 Å². The number of allylic oxidation sites excluding steroid dienone is 1. The highest BCUT2D eigenvalue weighted by atomic mass is 79.9. The third-order valence-corrected chi connectivity index (χ3v) is 6.47. The van der Waals surface area contributed by atoms with Gasteiger partial charge in [-0.3, -0.25) is 4.79 Å². The number of aryl methyl sites for hydroxylation is 1. The van der Waals surface area contributed by atoms with Gasteiger partial charge in [0.05, 0.1) is 24.8 Å². The van der Waals surface area contributed by atoms with Crippen LogP contribution in [0.15, 0.2) is 82.0 Å². The number of hydrogen-bond donors (Lipinski definition) is 0. The molecule has 1 amide bonds. The van der Waals surface area contributed by atoms with E-state index in [4.69, 9.17) is 4.74 Å². The molecule has 0 radical (unpaired) electrons. The smallest absolute Gasteiger partial charge is 0.340 e. The summed E-state index contributed by atoms with van der Waals surface area (Å²) in [5.41, 5.74) is 6.19. The standard InChI is InChI=1S/C27H25BrN2O3/c1-17-14-21(18(2)30(17)23-12-10-22(28)11-13-23)15-24-25(27(32)33-4)19(3)29(26(24)31)16-20-8-6-5-7-9-20/h5-15H,16H2,1-4H3/b24-15-. The van der Waals surface area contributed by atoms with Crippen molar-refractivity contribution in [2.75, 3.05) is 7.11 Å². The molecule has 2 aromatic carbocycles. The molecule has 6 heteroatoms. The van der Waals surface area contributed by atoms with Gasteiger partial charge in [-0.05, 0) is 68.3 Å². The first-order valence-electron chi connectivity index (χ1n) is 10.6. The molecule has 3 aromatic rings. The van der Waals surface area contributed by atoms with Crippen LogP contribution in [0.1, 0.15) is 29.4 Å². The molecule has 0 saturated heterocycles. The largest absolute Gasteiger partial charge is 0.465 e. The number of methoxy groups -OCH3 is 1. The lowest BCUT2D eigenvalue weighted by Gasteiger charge is -2.17. The van der Waals surface area contributed by atoms with Crippen molar-refractivity contribution < 1.29 is 14.3 Å². The quantitative estimate of drug-likeness (QED) is 0.329. The molecule has 0 spiro atoms. The number of aromatic nitrogens is 1. The maximum atomic E-state index is 13.5. The van der Waals surface area contributed by atoms with E-state index >= 15 is 0 Å². The summed E-state index contributed by atoms with van der Waals surface area (Å²) < 4.78 is 8.17. The summed E-state index contributed by atoms with van der Waals surface area (Å²) in [7, 11) is 1.34. The van der Waals surface area contributed by atoms with Crippen LogP contribution in [0.5, 0.6) is 0 Å². The zero-order valence-electron chi connectivity index (χ0n) is 19.1. The molecule has 2 heterocycles. The molecule has 0 saturated carbocycles. The number of esters is 1. The summed E-state index contributed by atoms with van der Waals surface area (Å²) in [6, 6.07) is 19.8. The van der Waals surface area contributed by atoms with E-state index in [-0.39, 0.29) is 5.91 Å². The minimum absolute atomic E-state index is 0.204. The molecule has 1 aliphatic rings. The highest BCUT2D eigenvalue weighted by Crippen LogP contribution is 2.34. The number of carbonyl (C=O) groups is 2. The molecule has 4 rings (SSSR count). The predicted octanol–water partition coefficient (Wildman–Crippen LogP) is 5.73. The Kier molecular flexibility index (Phi) is 6.38. The van der Waals surface area contributed by atoms with Crippen molar-refractivity contribution in [3.63, 3.8) is 0 Å². The zero-order chi connectivity index (χ0) is 23.7. The van der Waals surface area contributed by atoms with E-state index in [1.54, 1.807) is 17.9 Å². The number of benzene rings is 2. The lowest BCUT2D eigenvalue weighted by Crippen LogP contribution is -2.24. The lowest BCUT2D eigenvalue weighted by molar-refractivity contribution is -0.136. The molecule has 0 fully saturated rings. The number of carbonyl (C=O) groups excluding carboxylic acids is 2. The number of nitrogens with zero attached hydrogens (tertiary/aromatic N) is 2. The minimum Gasteiger partial charge on any atom is -0.465 e. The summed E-state index contributed by atoms with van der Waals surface area (Å²) >= 11 is 3.48. The SMILES string of the molecule is COC(=O)C1=C(C)N(Cc2ccccc2)C(=O)/C1=C\c1cc(C)n(-c2ccc(Br)cc2)c1C. The molecule has 0 bridgehead atoms. The molecule has 0 unspecified atom stereocenters. The van der Waals surface area contributed by atoms with Gasteiger partial charge >= 0.3 is 5.97 Å². The maximum absolute atomic E-state index is 13.5. The van der Waals surface area contributed by atoms with Gasteiger partial charge < -0.3 is 14.2 Å². The van der Waals surface area contributed by atoms with Gasteiger partial charge in [-0.1, -0.05) is 46.3 Å². The van der Waals surface area contributed by atoms with Gasteiger partial charge in [0, 0.05) is 27.2 Å². The minimum atomic E-state index is -0.510. The summed E-state index contributed by atoms with van der Waals surface area (Å²) in [5.74, 6) is -0.713. The summed E-state index contributed by atoms with van der Waals surface area (Å²) in [6.45, 7) is 6.22. The van der Waals surface area contributed by atoms with Crippen molar-refractivity contribution in [3.05, 3.63) is 104 Å². The molecule has 5 nitrogen and oxygen atoms in total. The Morgan fingerprint density at radius 3 is 2.33 bits per heavy atom. The van der Waals surface area contributed by atoms with Crippen molar-refractivity contribution in [1.29, 1.82) is 0 Å². The molecule has 33 heavy (non-hydrogen) atoms. The number of hydrogen-bond acceptors (Lipinski definition) is 3. The van der Waals surface area contributed by atoms with E-state index in [1.807, 2.05) is 74.5 Å². The molecule has 0 N–H and O–H groups in total. The Morgan fingerprint density at radius 1 is 1.03 bits per heavy atom. The van der Waals surface area contributed by atoms with Crippen molar-refractivity contribution in [3.8, 4) is 5.69 Å². The molecule has 168 valence electrons. The van der Waals surface area contributed by atoms with E-state index in [0.29, 0.717) is 23.4 Å². The fraction of sp³-hybridized carbons (Fsp3) is 0.185. The highest BCUT2D eigenvalue weighted by Gasteiger charge is 2.37. The van der Waals surface area contributed by atoms with Gasteiger partial charge in [0.15, 0.2) is 0 Å². The molecular formula is C27H25BrN2O3.